The molecule has 0 unspecified atom stereocenters. The molecule has 154 valence electrons. The average Bonchev–Trinajstić information content (AvgIpc) is 3.32. The van der Waals surface area contributed by atoms with Gasteiger partial charge in [-0.25, -0.2) is 13.4 Å². The Labute approximate surface area is 168 Å². The van der Waals surface area contributed by atoms with Crippen LogP contribution in [0.15, 0.2) is 41.7 Å². The predicted molar refractivity (Wildman–Crippen MR) is 110 cm³/mol. The summed E-state index contributed by atoms with van der Waals surface area (Å²) in [7, 11) is -1.31. The van der Waals surface area contributed by atoms with Crippen molar-refractivity contribution in [2.45, 2.75) is 57.0 Å². The highest BCUT2D eigenvalue weighted by Crippen LogP contribution is 2.21. The summed E-state index contributed by atoms with van der Waals surface area (Å²) in [5, 5.41) is 0.191. The summed E-state index contributed by atoms with van der Waals surface area (Å²) in [5.74, 6) is 0.124. The lowest BCUT2D eigenvalue weighted by atomic mass is 10.1. The van der Waals surface area contributed by atoms with Crippen LogP contribution >= 0.6 is 0 Å². The van der Waals surface area contributed by atoms with Crippen molar-refractivity contribution in [3.63, 3.8) is 0 Å². The molecule has 0 saturated carbocycles. The number of likely N-dealkylation sites (N-methyl/N-ethyl adjacent to an activating group) is 1. The minimum atomic E-state index is -3.38. The second-order valence-electron chi connectivity index (χ2n) is 7.57. The van der Waals surface area contributed by atoms with Crippen molar-refractivity contribution in [2.75, 3.05) is 26.0 Å². The van der Waals surface area contributed by atoms with Crippen LogP contribution in [0.1, 0.15) is 37.4 Å². The normalized spacial score (nSPS) is 17.5. The third-order valence-electron chi connectivity index (χ3n) is 5.12. The van der Waals surface area contributed by atoms with Crippen LogP contribution in [0.5, 0.6) is 0 Å². The molecule has 0 spiro atoms. The topological polar surface area (TPSA) is 64.4 Å². The molecule has 0 bridgehead atoms. The molecule has 0 aliphatic carbocycles. The first-order chi connectivity index (χ1) is 13.5. The highest BCUT2D eigenvalue weighted by Gasteiger charge is 2.26. The van der Waals surface area contributed by atoms with E-state index in [1.807, 2.05) is 17.6 Å². The largest absolute Gasteiger partial charge is 0.376 e. The lowest BCUT2D eigenvalue weighted by molar-refractivity contribution is 0.0934. The minimum absolute atomic E-state index is 0.0677. The van der Waals surface area contributed by atoms with Gasteiger partial charge >= 0.3 is 0 Å². The maximum Gasteiger partial charge on any atom is 0.227 e. The van der Waals surface area contributed by atoms with Crippen LogP contribution < -0.4 is 0 Å². The van der Waals surface area contributed by atoms with Gasteiger partial charge in [0.25, 0.3) is 0 Å². The molecule has 1 saturated heterocycles. The Kier molecular flexibility index (Phi) is 7.26. The van der Waals surface area contributed by atoms with Gasteiger partial charge in [0.2, 0.25) is 15.0 Å². The van der Waals surface area contributed by atoms with E-state index >= 15 is 0 Å². The standard InChI is InChI=1S/C21H31N3O3S/c1-3-14-28(25,26)21-22-15-19(24(21)17-20-10-7-13-27-20)16-23(2)12-11-18-8-5-4-6-9-18/h4-6,8-9,15,20H,3,7,10-14,16-17H2,1-2H3/t20-/m1/s1. The molecule has 1 fully saturated rings. The van der Waals surface area contributed by atoms with E-state index < -0.39 is 9.84 Å². The molecule has 1 aromatic carbocycles. The van der Waals surface area contributed by atoms with Gasteiger partial charge in [-0.3, -0.25) is 0 Å². The van der Waals surface area contributed by atoms with Crippen LogP contribution in [0.3, 0.4) is 0 Å². The summed E-state index contributed by atoms with van der Waals surface area (Å²) in [4.78, 5) is 6.53. The molecule has 7 heteroatoms. The summed E-state index contributed by atoms with van der Waals surface area (Å²) in [6.07, 6.45) is 5.33. The van der Waals surface area contributed by atoms with Crippen LogP contribution in [0.25, 0.3) is 0 Å². The van der Waals surface area contributed by atoms with Crippen LogP contribution in [0.2, 0.25) is 0 Å². The van der Waals surface area contributed by atoms with Crippen molar-refractivity contribution >= 4 is 9.84 Å². The van der Waals surface area contributed by atoms with Gasteiger partial charge in [-0.05, 0) is 38.3 Å². The van der Waals surface area contributed by atoms with E-state index in [4.69, 9.17) is 4.74 Å². The van der Waals surface area contributed by atoms with Crippen LogP contribution in [-0.4, -0.2) is 54.9 Å². The Morgan fingerprint density at radius 3 is 2.75 bits per heavy atom. The number of nitrogens with zero attached hydrogens (tertiary/aromatic N) is 3. The average molecular weight is 406 g/mol. The fourth-order valence-corrected chi connectivity index (χ4v) is 5.09. The summed E-state index contributed by atoms with van der Waals surface area (Å²) in [6, 6.07) is 10.4. The molecule has 0 radical (unpaired) electrons. The van der Waals surface area contributed by atoms with Crippen molar-refractivity contribution in [1.29, 1.82) is 0 Å². The maximum absolute atomic E-state index is 12.7. The zero-order valence-electron chi connectivity index (χ0n) is 16.9. The molecule has 0 amide bonds. The Morgan fingerprint density at radius 1 is 1.29 bits per heavy atom. The van der Waals surface area contributed by atoms with Crippen molar-refractivity contribution in [3.05, 3.63) is 47.8 Å². The molecule has 1 aliphatic heterocycles. The molecule has 1 aliphatic rings. The molecular weight excluding hydrogens is 374 g/mol. The Balaban J connectivity index is 1.74. The molecule has 1 atom stereocenters. The van der Waals surface area contributed by atoms with Gasteiger partial charge in [-0.2, -0.15) is 0 Å². The van der Waals surface area contributed by atoms with Gasteiger partial charge in [-0.1, -0.05) is 37.3 Å². The molecule has 2 heterocycles. The number of imidazole rings is 1. The van der Waals surface area contributed by atoms with Crippen LogP contribution in [0, 0.1) is 0 Å². The fourth-order valence-electron chi connectivity index (χ4n) is 3.63. The zero-order valence-corrected chi connectivity index (χ0v) is 17.7. The van der Waals surface area contributed by atoms with E-state index in [0.29, 0.717) is 19.5 Å². The SMILES string of the molecule is CCCS(=O)(=O)c1ncc(CN(C)CCc2ccccc2)n1C[C@H]1CCCO1. The van der Waals surface area contributed by atoms with E-state index in [0.717, 1.165) is 38.1 Å². The number of ether oxygens (including phenoxy) is 1. The van der Waals surface area contributed by atoms with E-state index in [1.54, 1.807) is 6.20 Å². The van der Waals surface area contributed by atoms with E-state index in [2.05, 4.69) is 41.2 Å². The summed E-state index contributed by atoms with van der Waals surface area (Å²) >= 11 is 0. The number of benzene rings is 1. The van der Waals surface area contributed by atoms with Gasteiger partial charge in [-0.15, -0.1) is 0 Å². The Morgan fingerprint density at radius 2 is 2.07 bits per heavy atom. The van der Waals surface area contributed by atoms with Crippen molar-refractivity contribution in [1.82, 2.24) is 14.5 Å². The second kappa shape index (κ2) is 9.67. The maximum atomic E-state index is 12.7. The van der Waals surface area contributed by atoms with Crippen molar-refractivity contribution in [3.8, 4) is 0 Å². The molecule has 3 rings (SSSR count). The fraction of sp³-hybridized carbons (Fsp3) is 0.571. The minimum Gasteiger partial charge on any atom is -0.376 e. The number of hydrogen-bond acceptors (Lipinski definition) is 5. The Bertz CT molecular complexity index is 843. The van der Waals surface area contributed by atoms with Gasteiger partial charge in [0.15, 0.2) is 0 Å². The third kappa shape index (κ3) is 5.43. The number of rotatable bonds is 10. The first-order valence-corrected chi connectivity index (χ1v) is 11.8. The van der Waals surface area contributed by atoms with Gasteiger partial charge < -0.3 is 14.2 Å². The molecule has 2 aromatic rings. The molecule has 1 aromatic heterocycles. The molecule has 28 heavy (non-hydrogen) atoms. The summed E-state index contributed by atoms with van der Waals surface area (Å²) < 4.78 is 33.0. The van der Waals surface area contributed by atoms with Crippen molar-refractivity contribution in [2.24, 2.45) is 0 Å². The number of sulfone groups is 1. The summed E-state index contributed by atoms with van der Waals surface area (Å²) in [5.41, 5.74) is 2.23. The smallest absolute Gasteiger partial charge is 0.227 e. The van der Waals surface area contributed by atoms with Gasteiger partial charge in [0.1, 0.15) is 0 Å². The predicted octanol–water partition coefficient (Wildman–Crippen LogP) is 2.92. The van der Waals surface area contributed by atoms with Crippen molar-refractivity contribution < 1.29 is 13.2 Å². The monoisotopic (exact) mass is 405 g/mol. The lowest BCUT2D eigenvalue weighted by Gasteiger charge is -2.20. The Hall–Kier alpha value is -1.70. The highest BCUT2D eigenvalue weighted by atomic mass is 32.2. The van der Waals surface area contributed by atoms with Crippen LogP contribution in [0.4, 0.5) is 0 Å². The van der Waals surface area contributed by atoms with E-state index in [-0.39, 0.29) is 17.0 Å². The lowest BCUT2D eigenvalue weighted by Crippen LogP contribution is -2.26. The molecular formula is C21H31N3O3S. The van der Waals surface area contributed by atoms with Gasteiger partial charge in [0, 0.05) is 19.7 Å². The van der Waals surface area contributed by atoms with Crippen LogP contribution in [-0.2, 0) is 34.1 Å². The first kappa shape index (κ1) is 21.0. The number of aromatic nitrogens is 2. The first-order valence-electron chi connectivity index (χ1n) is 10.1. The third-order valence-corrected chi connectivity index (χ3v) is 6.95. The number of hydrogen-bond donors (Lipinski definition) is 0. The second-order valence-corrected chi connectivity index (χ2v) is 9.57. The van der Waals surface area contributed by atoms with Gasteiger partial charge in [0.05, 0.1) is 30.3 Å². The summed E-state index contributed by atoms with van der Waals surface area (Å²) in [6.45, 7) is 4.74. The highest BCUT2D eigenvalue weighted by molar-refractivity contribution is 7.91. The molecule has 0 N–H and O–H groups in total. The zero-order chi connectivity index (χ0) is 20.0. The van der Waals surface area contributed by atoms with E-state index in [1.165, 1.54) is 5.56 Å². The van der Waals surface area contributed by atoms with E-state index in [9.17, 15) is 8.42 Å². The quantitative estimate of drug-likeness (QED) is 0.608. The molecule has 6 nitrogen and oxygen atoms in total.